The summed E-state index contributed by atoms with van der Waals surface area (Å²) in [4.78, 5) is 25.2. The number of fused-ring (bicyclic) bond motifs is 5. The highest BCUT2D eigenvalue weighted by Crippen LogP contribution is 2.53. The molecule has 0 radical (unpaired) electrons. The van der Waals surface area contributed by atoms with Crippen molar-refractivity contribution in [3.05, 3.63) is 52.8 Å². The lowest BCUT2D eigenvalue weighted by Gasteiger charge is -2.53. The van der Waals surface area contributed by atoms with E-state index in [4.69, 9.17) is 21.1 Å². The molecule has 4 aliphatic rings. The maximum atomic E-state index is 11.6. The van der Waals surface area contributed by atoms with Gasteiger partial charge in [-0.1, -0.05) is 23.8 Å². The Morgan fingerprint density at radius 2 is 1.92 bits per heavy atom. The van der Waals surface area contributed by atoms with Crippen molar-refractivity contribution in [3.63, 3.8) is 0 Å². The van der Waals surface area contributed by atoms with Crippen LogP contribution in [0.1, 0.15) is 49.8 Å². The maximum Gasteiger partial charge on any atom is 0.263 e. The molecule has 8 nitrogen and oxygen atoms in total. The first-order valence-electron chi connectivity index (χ1n) is 12.3. The van der Waals surface area contributed by atoms with Crippen LogP contribution in [0.15, 0.2) is 36.5 Å². The molecule has 194 valence electrons. The van der Waals surface area contributed by atoms with Gasteiger partial charge in [0.25, 0.3) is 5.91 Å². The summed E-state index contributed by atoms with van der Waals surface area (Å²) < 4.78 is 10.7. The van der Waals surface area contributed by atoms with Gasteiger partial charge in [-0.15, -0.1) is 12.4 Å². The lowest BCUT2D eigenvalue weighted by atomic mass is 9.57. The summed E-state index contributed by atoms with van der Waals surface area (Å²) >= 11 is 6.55. The number of anilines is 1. The van der Waals surface area contributed by atoms with Gasteiger partial charge in [-0.25, -0.2) is 9.97 Å². The van der Waals surface area contributed by atoms with Crippen molar-refractivity contribution in [2.24, 2.45) is 5.41 Å². The molecule has 0 spiro atoms. The molecule has 3 aliphatic carbocycles. The molecule has 0 aromatic carbocycles. The summed E-state index contributed by atoms with van der Waals surface area (Å²) in [6.45, 7) is 0.706. The number of methoxy groups -OCH3 is 1. The minimum Gasteiger partial charge on any atom is -0.481 e. The second-order valence-corrected chi connectivity index (χ2v) is 10.5. The van der Waals surface area contributed by atoms with Crippen LogP contribution in [0.4, 0.5) is 5.82 Å². The number of carbonyl (C=O) groups excluding carboxylic acids is 1. The maximum absolute atomic E-state index is 11.6. The third-order valence-electron chi connectivity index (χ3n) is 7.97. The van der Waals surface area contributed by atoms with Crippen molar-refractivity contribution < 1.29 is 14.3 Å². The summed E-state index contributed by atoms with van der Waals surface area (Å²) in [5, 5.41) is 7.18. The van der Waals surface area contributed by atoms with Gasteiger partial charge in [-0.05, 0) is 62.1 Å². The van der Waals surface area contributed by atoms with Gasteiger partial charge in [0.05, 0.1) is 23.3 Å². The Balaban J connectivity index is 0.00000280. The molecule has 2 N–H and O–H groups in total. The quantitative estimate of drug-likeness (QED) is 0.434. The fourth-order valence-electron chi connectivity index (χ4n) is 5.69. The predicted molar refractivity (Wildman–Crippen MR) is 145 cm³/mol. The van der Waals surface area contributed by atoms with Crippen LogP contribution in [0.25, 0.3) is 17.1 Å². The molecule has 1 amide bonds. The van der Waals surface area contributed by atoms with Crippen molar-refractivity contribution in [1.29, 1.82) is 0 Å². The summed E-state index contributed by atoms with van der Waals surface area (Å²) in [5.41, 5.74) is 3.66. The Morgan fingerprint density at radius 3 is 2.68 bits per heavy atom. The number of carbonyl (C=O) groups is 1. The van der Waals surface area contributed by atoms with E-state index in [2.05, 4.69) is 37.7 Å². The average Bonchev–Trinajstić information content (AvgIpc) is 2.92. The number of allylic oxidation sites excluding steroid dienone is 1. The minimum absolute atomic E-state index is 0. The zero-order chi connectivity index (χ0) is 24.8. The van der Waals surface area contributed by atoms with Crippen molar-refractivity contribution in [1.82, 2.24) is 20.3 Å². The molecule has 3 aromatic heterocycles. The Labute approximate surface area is 226 Å². The fraction of sp³-hybridized carbons (Fsp3) is 0.407. The van der Waals surface area contributed by atoms with Crippen molar-refractivity contribution >= 4 is 52.8 Å². The van der Waals surface area contributed by atoms with E-state index in [0.29, 0.717) is 29.0 Å². The van der Waals surface area contributed by atoms with E-state index < -0.39 is 0 Å². The zero-order valence-electron chi connectivity index (χ0n) is 20.6. The van der Waals surface area contributed by atoms with Gasteiger partial charge in [-0.3, -0.25) is 9.78 Å². The Bertz CT molecular complexity index is 1360. The molecule has 10 heteroatoms. The second-order valence-electron chi connectivity index (χ2n) is 10.1. The molecule has 3 aromatic rings. The van der Waals surface area contributed by atoms with Crippen molar-refractivity contribution in [3.8, 4) is 11.6 Å². The molecule has 3 saturated carbocycles. The third-order valence-corrected chi connectivity index (χ3v) is 8.27. The Hall–Kier alpha value is -2.94. The minimum atomic E-state index is -0.168. The lowest BCUT2D eigenvalue weighted by Crippen LogP contribution is -2.54. The van der Waals surface area contributed by atoms with Crippen molar-refractivity contribution in [2.45, 2.75) is 50.6 Å². The van der Waals surface area contributed by atoms with E-state index in [-0.39, 0.29) is 35.9 Å². The van der Waals surface area contributed by atoms with Crippen LogP contribution in [-0.2, 0) is 11.3 Å². The smallest absolute Gasteiger partial charge is 0.263 e. The van der Waals surface area contributed by atoms with E-state index in [1.807, 2.05) is 24.3 Å². The Kier molecular flexibility index (Phi) is 7.00. The van der Waals surface area contributed by atoms with Crippen LogP contribution >= 0.6 is 24.0 Å². The van der Waals surface area contributed by atoms with E-state index in [0.717, 1.165) is 60.8 Å². The topological polar surface area (TPSA) is 98.3 Å². The first-order chi connectivity index (χ1) is 17.5. The highest BCUT2D eigenvalue weighted by molar-refractivity contribution is 6.32. The van der Waals surface area contributed by atoms with E-state index >= 15 is 0 Å². The molecule has 37 heavy (non-hydrogen) atoms. The molecule has 1 aliphatic heterocycles. The van der Waals surface area contributed by atoms with Gasteiger partial charge in [0.2, 0.25) is 5.88 Å². The Morgan fingerprint density at radius 1 is 1.14 bits per heavy atom. The van der Waals surface area contributed by atoms with Gasteiger partial charge in [0.15, 0.2) is 18.2 Å². The lowest BCUT2D eigenvalue weighted by molar-refractivity contribution is -0.118. The highest BCUT2D eigenvalue weighted by atomic mass is 35.5. The molecule has 7 rings (SSSR count). The number of rotatable bonds is 6. The van der Waals surface area contributed by atoms with Gasteiger partial charge < -0.3 is 20.1 Å². The van der Waals surface area contributed by atoms with Crippen LogP contribution in [-0.4, -0.2) is 40.1 Å². The number of hydrogen-bond donors (Lipinski definition) is 2. The summed E-state index contributed by atoms with van der Waals surface area (Å²) in [6, 6.07) is 7.57. The summed E-state index contributed by atoms with van der Waals surface area (Å²) in [5.74, 6) is 1.51. The van der Waals surface area contributed by atoms with E-state index in [9.17, 15) is 4.79 Å². The third kappa shape index (κ3) is 4.98. The van der Waals surface area contributed by atoms with Gasteiger partial charge >= 0.3 is 0 Å². The number of nitrogens with zero attached hydrogens (tertiary/aromatic N) is 3. The molecular formula is C27H29Cl2N5O3. The second kappa shape index (κ2) is 10.1. The number of halogens is 2. The van der Waals surface area contributed by atoms with E-state index in [1.54, 1.807) is 13.3 Å². The van der Waals surface area contributed by atoms with Crippen LogP contribution < -0.4 is 20.1 Å². The number of pyridine rings is 3. The first kappa shape index (κ1) is 25.7. The largest absolute Gasteiger partial charge is 0.481 e. The van der Waals surface area contributed by atoms with Gasteiger partial charge in [0, 0.05) is 29.9 Å². The van der Waals surface area contributed by atoms with Crippen LogP contribution in [0.2, 0.25) is 5.02 Å². The number of aromatic nitrogens is 3. The molecular weight excluding hydrogens is 513 g/mol. The molecule has 0 atom stereocenters. The van der Waals surface area contributed by atoms with Gasteiger partial charge in [0.1, 0.15) is 5.52 Å². The van der Waals surface area contributed by atoms with Gasteiger partial charge in [-0.2, -0.15) is 0 Å². The molecule has 3 fully saturated rings. The number of amides is 1. The van der Waals surface area contributed by atoms with Crippen LogP contribution in [0.3, 0.4) is 0 Å². The number of nitrogens with one attached hydrogen (secondary N) is 2. The number of hydrogen-bond acceptors (Lipinski definition) is 7. The SMILES string of the molecule is COc1ccc2ncc(Cl)c(C=CC34CCC(NCc5ccc6c(n5)NC(=O)CO6)(CC3)CC4)c2n1.Cl. The van der Waals surface area contributed by atoms with E-state index in [1.165, 1.54) is 0 Å². The fourth-order valence-corrected chi connectivity index (χ4v) is 5.89. The first-order valence-corrected chi connectivity index (χ1v) is 12.7. The highest BCUT2D eigenvalue weighted by Gasteiger charge is 2.47. The monoisotopic (exact) mass is 541 g/mol. The number of ether oxygens (including phenoxy) is 2. The predicted octanol–water partition coefficient (Wildman–Crippen LogP) is 5.34. The van der Waals surface area contributed by atoms with Crippen molar-refractivity contribution in [2.75, 3.05) is 19.0 Å². The van der Waals surface area contributed by atoms with Crippen LogP contribution in [0.5, 0.6) is 11.6 Å². The molecule has 0 unspecified atom stereocenters. The molecule has 2 bridgehead atoms. The standard InChI is InChI=1S/C27H28ClN5O3.ClH/c1-35-23-5-3-20-24(33-23)18(19(28)15-29-20)6-7-26-8-11-27(12-9-26,13-10-26)30-14-17-2-4-21-25(31-17)32-22(34)16-36-21;/h2-7,15,30H,8-14,16H2,1H3,(H,31,32,34);1H. The van der Waals surface area contributed by atoms with Crippen LogP contribution in [0, 0.1) is 5.41 Å². The molecule has 0 saturated heterocycles. The normalized spacial score (nSPS) is 24.3. The zero-order valence-corrected chi connectivity index (χ0v) is 22.1. The summed E-state index contributed by atoms with van der Waals surface area (Å²) in [7, 11) is 1.61. The molecule has 4 heterocycles. The average molecular weight is 542 g/mol. The summed E-state index contributed by atoms with van der Waals surface area (Å²) in [6.07, 6.45) is 12.9.